The molecule has 0 bridgehead atoms. The highest BCUT2D eigenvalue weighted by molar-refractivity contribution is 6.02. The second-order valence-corrected chi connectivity index (χ2v) is 11.3. The average molecular weight is 640 g/mol. The van der Waals surface area contributed by atoms with Gasteiger partial charge in [-0.3, -0.25) is 14.5 Å². The molecule has 3 aliphatic heterocycles. The minimum absolute atomic E-state index is 0.318. The third kappa shape index (κ3) is 6.88. The molecule has 244 valence electrons. The molecule has 46 heavy (non-hydrogen) atoms. The molecule has 14 heteroatoms. The second-order valence-electron chi connectivity index (χ2n) is 11.3. The fraction of sp³-hybridized carbons (Fsp3) is 0.406. The number of benzene rings is 2. The number of nitrogens with zero attached hydrogens (tertiary/aromatic N) is 5. The van der Waals surface area contributed by atoms with Crippen LogP contribution in [0.15, 0.2) is 61.4 Å². The lowest BCUT2D eigenvalue weighted by molar-refractivity contribution is -0.137. The van der Waals surface area contributed by atoms with Crippen LogP contribution in [0.1, 0.15) is 30.0 Å². The lowest BCUT2D eigenvalue weighted by atomic mass is 10.0. The van der Waals surface area contributed by atoms with Crippen LogP contribution in [-0.4, -0.2) is 79.9 Å². The lowest BCUT2D eigenvalue weighted by Crippen LogP contribution is -2.44. The molecule has 1 amide bonds. The molecule has 3 saturated heterocycles. The Morgan fingerprint density at radius 3 is 2.65 bits per heavy atom. The molecular formula is C32H36F3N7O4. The number of hydrogen-bond acceptors (Lipinski definition) is 10. The fourth-order valence-electron chi connectivity index (χ4n) is 6.18. The van der Waals surface area contributed by atoms with Crippen molar-refractivity contribution in [3.05, 3.63) is 72.6 Å². The molecule has 3 aromatic rings. The predicted molar refractivity (Wildman–Crippen MR) is 167 cm³/mol. The van der Waals surface area contributed by atoms with Gasteiger partial charge in [-0.2, -0.15) is 13.2 Å². The quantitative estimate of drug-likeness (QED) is 0.305. The van der Waals surface area contributed by atoms with Crippen LogP contribution in [-0.2, 0) is 20.5 Å². The Morgan fingerprint density at radius 2 is 1.89 bits per heavy atom. The molecule has 2 aromatic carbocycles. The van der Waals surface area contributed by atoms with Gasteiger partial charge in [0.2, 0.25) is 5.91 Å². The summed E-state index contributed by atoms with van der Waals surface area (Å²) in [6.45, 7) is 8.78. The minimum Gasteiger partial charge on any atom is -0.494 e. The fourth-order valence-corrected chi connectivity index (χ4v) is 6.18. The second kappa shape index (κ2) is 13.5. The first-order chi connectivity index (χ1) is 22.2. The number of carbonyl (C=O) groups is 1. The number of amides is 1. The van der Waals surface area contributed by atoms with Crippen molar-refractivity contribution in [2.75, 3.05) is 73.7 Å². The number of aromatic nitrogens is 2. The topological polar surface area (TPSA) is 104 Å². The van der Waals surface area contributed by atoms with Crippen LogP contribution in [0.4, 0.5) is 41.9 Å². The maximum absolute atomic E-state index is 13.4. The number of carbonyl (C=O) groups excluding carboxylic acids is 1. The number of morpholine rings is 1. The Hall–Kier alpha value is -4.40. The Balaban J connectivity index is 1.26. The van der Waals surface area contributed by atoms with Crippen molar-refractivity contribution >= 4 is 34.6 Å². The molecule has 0 saturated carbocycles. The van der Waals surface area contributed by atoms with E-state index >= 15 is 0 Å². The van der Waals surface area contributed by atoms with Crippen molar-refractivity contribution in [1.82, 2.24) is 14.9 Å². The van der Waals surface area contributed by atoms with E-state index in [9.17, 15) is 18.0 Å². The number of alkyl halides is 3. The molecular weight excluding hydrogens is 603 g/mol. The highest BCUT2D eigenvalue weighted by Gasteiger charge is 2.34. The SMILES string of the molecule is C=CC(=O)Nc1cc(Nc2cc(N3OCC[C@@H]3c3cccc(C(F)(F)F)c3)ncn2)c(OC)cc1N1CC[C@@H](N2CCOCC2)C1. The summed E-state index contributed by atoms with van der Waals surface area (Å²) in [6, 6.07) is 10.5. The van der Waals surface area contributed by atoms with Crippen molar-refractivity contribution in [3.63, 3.8) is 0 Å². The Kier molecular flexibility index (Phi) is 9.29. The number of nitrogens with one attached hydrogen (secondary N) is 2. The van der Waals surface area contributed by atoms with Crippen LogP contribution in [0.25, 0.3) is 0 Å². The zero-order valence-corrected chi connectivity index (χ0v) is 25.4. The van der Waals surface area contributed by atoms with Gasteiger partial charge >= 0.3 is 6.18 Å². The third-order valence-corrected chi connectivity index (χ3v) is 8.47. The molecule has 0 radical (unpaired) electrons. The van der Waals surface area contributed by atoms with E-state index in [0.717, 1.165) is 63.6 Å². The van der Waals surface area contributed by atoms with Gasteiger partial charge in [-0.15, -0.1) is 0 Å². The molecule has 6 rings (SSSR count). The highest BCUT2D eigenvalue weighted by atomic mass is 19.4. The van der Waals surface area contributed by atoms with E-state index in [4.69, 9.17) is 14.3 Å². The smallest absolute Gasteiger partial charge is 0.416 e. The number of methoxy groups -OCH3 is 1. The van der Waals surface area contributed by atoms with Crippen molar-refractivity contribution < 1.29 is 32.3 Å². The van der Waals surface area contributed by atoms with Gasteiger partial charge in [0, 0.05) is 50.8 Å². The molecule has 0 unspecified atom stereocenters. The standard InChI is InChI=1S/C32H36F3N7O4/c1-3-31(43)39-24-16-25(28(44-2)17-27(24)41-9-7-23(19-41)40-10-13-45-14-11-40)38-29-18-30(37-20-36-29)42-26(8-12-46-42)21-5-4-6-22(15-21)32(33,34)35/h3-6,15-18,20,23,26H,1,7-14,19H2,2H3,(H,39,43)(H,36,37,38)/t23-,26-/m1/s1. The van der Waals surface area contributed by atoms with Gasteiger partial charge < -0.3 is 25.0 Å². The number of ether oxygens (including phenoxy) is 2. The van der Waals surface area contributed by atoms with Crippen LogP contribution in [0.3, 0.4) is 0 Å². The maximum Gasteiger partial charge on any atom is 0.416 e. The maximum atomic E-state index is 13.4. The third-order valence-electron chi connectivity index (χ3n) is 8.47. The summed E-state index contributed by atoms with van der Waals surface area (Å²) >= 11 is 0. The molecule has 0 aliphatic carbocycles. The van der Waals surface area contributed by atoms with Crippen molar-refractivity contribution in [3.8, 4) is 5.75 Å². The summed E-state index contributed by atoms with van der Waals surface area (Å²) < 4.78 is 51.5. The van der Waals surface area contributed by atoms with Crippen LogP contribution in [0.2, 0.25) is 0 Å². The van der Waals surface area contributed by atoms with E-state index in [0.29, 0.717) is 53.4 Å². The Labute approximate surface area is 264 Å². The summed E-state index contributed by atoms with van der Waals surface area (Å²) in [5.74, 6) is 0.946. The van der Waals surface area contributed by atoms with Crippen molar-refractivity contribution in [2.24, 2.45) is 0 Å². The van der Waals surface area contributed by atoms with Gasteiger partial charge in [-0.1, -0.05) is 18.7 Å². The van der Waals surface area contributed by atoms with Crippen LogP contribution in [0, 0.1) is 0 Å². The zero-order valence-electron chi connectivity index (χ0n) is 25.4. The molecule has 0 spiro atoms. The van der Waals surface area contributed by atoms with Gasteiger partial charge in [0.05, 0.1) is 55.6 Å². The van der Waals surface area contributed by atoms with Gasteiger partial charge in [-0.25, -0.2) is 15.0 Å². The Morgan fingerprint density at radius 1 is 1.07 bits per heavy atom. The van der Waals surface area contributed by atoms with E-state index in [-0.39, 0.29) is 5.91 Å². The Bertz CT molecular complexity index is 1570. The number of halogens is 3. The van der Waals surface area contributed by atoms with Gasteiger partial charge in [0.15, 0.2) is 5.82 Å². The summed E-state index contributed by atoms with van der Waals surface area (Å²) in [5, 5.41) is 7.70. The van der Waals surface area contributed by atoms with E-state index in [2.05, 4.69) is 37.0 Å². The molecule has 11 nitrogen and oxygen atoms in total. The zero-order chi connectivity index (χ0) is 32.3. The lowest BCUT2D eigenvalue weighted by Gasteiger charge is -2.32. The number of anilines is 5. The normalized spacial score (nSPS) is 20.5. The molecule has 2 atom stereocenters. The molecule has 3 fully saturated rings. The van der Waals surface area contributed by atoms with Crippen molar-refractivity contribution in [1.29, 1.82) is 0 Å². The summed E-state index contributed by atoms with van der Waals surface area (Å²) in [4.78, 5) is 31.7. The first-order valence-corrected chi connectivity index (χ1v) is 15.1. The monoisotopic (exact) mass is 639 g/mol. The average Bonchev–Trinajstić information content (AvgIpc) is 3.76. The molecule has 4 heterocycles. The van der Waals surface area contributed by atoms with E-state index in [1.165, 1.54) is 23.5 Å². The van der Waals surface area contributed by atoms with E-state index in [1.807, 2.05) is 6.07 Å². The van der Waals surface area contributed by atoms with E-state index < -0.39 is 17.8 Å². The van der Waals surface area contributed by atoms with Crippen LogP contribution >= 0.6 is 0 Å². The van der Waals surface area contributed by atoms with Crippen LogP contribution in [0.5, 0.6) is 5.75 Å². The molecule has 1 aromatic heterocycles. The molecule has 2 N–H and O–H groups in total. The summed E-state index contributed by atoms with van der Waals surface area (Å²) in [6.07, 6.45) is -0.418. The number of rotatable bonds is 9. The first kappa shape index (κ1) is 31.6. The van der Waals surface area contributed by atoms with E-state index in [1.54, 1.807) is 25.3 Å². The summed E-state index contributed by atoms with van der Waals surface area (Å²) in [5.41, 5.74) is 1.69. The molecule has 3 aliphatic rings. The minimum atomic E-state index is -4.45. The predicted octanol–water partition coefficient (Wildman–Crippen LogP) is 5.17. The number of hydroxylamine groups is 1. The largest absolute Gasteiger partial charge is 0.494 e. The number of hydrogen-bond donors (Lipinski definition) is 2. The highest BCUT2D eigenvalue weighted by Crippen LogP contribution is 2.41. The van der Waals surface area contributed by atoms with Gasteiger partial charge in [0.1, 0.15) is 17.9 Å². The van der Waals surface area contributed by atoms with Crippen molar-refractivity contribution in [2.45, 2.75) is 31.1 Å². The van der Waals surface area contributed by atoms with Crippen LogP contribution < -0.4 is 25.3 Å². The summed E-state index contributed by atoms with van der Waals surface area (Å²) in [7, 11) is 1.57. The van der Waals surface area contributed by atoms with Gasteiger partial charge in [-0.05, 0) is 36.3 Å². The van der Waals surface area contributed by atoms with Gasteiger partial charge in [0.25, 0.3) is 0 Å². The first-order valence-electron chi connectivity index (χ1n) is 15.1.